The van der Waals surface area contributed by atoms with Crippen molar-refractivity contribution in [3.63, 3.8) is 0 Å². The lowest BCUT2D eigenvalue weighted by Gasteiger charge is -2.26. The van der Waals surface area contributed by atoms with Gasteiger partial charge in [0.1, 0.15) is 11.5 Å². The van der Waals surface area contributed by atoms with Gasteiger partial charge in [0.15, 0.2) is 11.5 Å². The van der Waals surface area contributed by atoms with E-state index < -0.39 is 23.5 Å². The second-order valence-electron chi connectivity index (χ2n) is 6.40. The standard InChI is InChI=1S/C21H23NO6/c1-4-27-15-7-5-6-14(12-15)18-17(19(23)16-9-8-13(2)28-16)20(24)21(25)22(18)10-11-26-3/h5-9,12,18,24H,4,10-11H2,1-3H3. The van der Waals surface area contributed by atoms with Gasteiger partial charge in [0.2, 0.25) is 5.78 Å². The van der Waals surface area contributed by atoms with E-state index in [0.717, 1.165) is 0 Å². The van der Waals surface area contributed by atoms with Crippen LogP contribution >= 0.6 is 0 Å². The third kappa shape index (κ3) is 3.66. The second kappa shape index (κ2) is 8.31. The van der Waals surface area contributed by atoms with Crippen molar-refractivity contribution in [1.29, 1.82) is 0 Å². The number of aryl methyl sites for hydroxylation is 1. The number of ketones is 1. The molecule has 0 spiro atoms. The molecule has 7 heteroatoms. The fraction of sp³-hybridized carbons (Fsp3) is 0.333. The minimum atomic E-state index is -0.763. The van der Waals surface area contributed by atoms with Crippen LogP contribution in [0.5, 0.6) is 5.75 Å². The van der Waals surface area contributed by atoms with Crippen LogP contribution in [0.25, 0.3) is 0 Å². The van der Waals surface area contributed by atoms with E-state index >= 15 is 0 Å². The van der Waals surface area contributed by atoms with Crippen molar-refractivity contribution in [1.82, 2.24) is 4.90 Å². The van der Waals surface area contributed by atoms with Crippen LogP contribution in [0.4, 0.5) is 0 Å². The first-order valence-electron chi connectivity index (χ1n) is 9.04. The van der Waals surface area contributed by atoms with E-state index in [1.807, 2.05) is 6.92 Å². The summed E-state index contributed by atoms with van der Waals surface area (Å²) in [5, 5.41) is 10.5. The van der Waals surface area contributed by atoms with E-state index in [1.165, 1.54) is 18.1 Å². The molecule has 1 aromatic carbocycles. The van der Waals surface area contributed by atoms with Gasteiger partial charge in [-0.25, -0.2) is 0 Å². The molecule has 1 N–H and O–H groups in total. The lowest BCUT2D eigenvalue weighted by molar-refractivity contribution is -0.130. The second-order valence-corrected chi connectivity index (χ2v) is 6.40. The number of aliphatic hydroxyl groups excluding tert-OH is 1. The molecule has 1 aliphatic heterocycles. The molecule has 7 nitrogen and oxygen atoms in total. The number of amides is 1. The number of Topliss-reactive ketones (excluding diaryl/α,β-unsaturated/α-hetero) is 1. The van der Waals surface area contributed by atoms with Crippen LogP contribution in [-0.4, -0.2) is 48.6 Å². The summed E-state index contributed by atoms with van der Waals surface area (Å²) >= 11 is 0. The number of carbonyl (C=O) groups is 2. The average Bonchev–Trinajstić information content (AvgIpc) is 3.22. The minimum Gasteiger partial charge on any atom is -0.503 e. The molecule has 28 heavy (non-hydrogen) atoms. The van der Waals surface area contributed by atoms with Gasteiger partial charge >= 0.3 is 0 Å². The Labute approximate surface area is 163 Å². The van der Waals surface area contributed by atoms with Crippen molar-refractivity contribution >= 4 is 11.7 Å². The Morgan fingerprint density at radius 3 is 2.71 bits per heavy atom. The van der Waals surface area contributed by atoms with Crippen LogP contribution in [0.1, 0.15) is 34.8 Å². The van der Waals surface area contributed by atoms with E-state index in [2.05, 4.69) is 0 Å². The molecule has 0 saturated heterocycles. The molecule has 0 radical (unpaired) electrons. The van der Waals surface area contributed by atoms with Crippen molar-refractivity contribution in [2.45, 2.75) is 19.9 Å². The number of aliphatic hydroxyl groups is 1. The maximum atomic E-state index is 13.1. The molecule has 2 aromatic rings. The molecule has 0 bridgehead atoms. The Morgan fingerprint density at radius 2 is 2.07 bits per heavy atom. The van der Waals surface area contributed by atoms with Crippen molar-refractivity contribution in [2.24, 2.45) is 0 Å². The normalized spacial score (nSPS) is 16.8. The molecule has 1 amide bonds. The number of nitrogens with zero attached hydrogens (tertiary/aromatic N) is 1. The largest absolute Gasteiger partial charge is 0.503 e. The summed E-state index contributed by atoms with van der Waals surface area (Å²) < 4.78 is 16.1. The summed E-state index contributed by atoms with van der Waals surface area (Å²) in [5.41, 5.74) is 0.648. The van der Waals surface area contributed by atoms with Gasteiger partial charge in [0, 0.05) is 13.7 Å². The van der Waals surface area contributed by atoms with E-state index in [-0.39, 0.29) is 24.5 Å². The number of hydrogen-bond acceptors (Lipinski definition) is 6. The Hall–Kier alpha value is -3.06. The molecule has 148 valence electrons. The van der Waals surface area contributed by atoms with Crippen LogP contribution < -0.4 is 4.74 Å². The van der Waals surface area contributed by atoms with Crippen LogP contribution in [0.2, 0.25) is 0 Å². The maximum absolute atomic E-state index is 13.1. The molecule has 0 aliphatic carbocycles. The summed E-state index contributed by atoms with van der Waals surface area (Å²) in [6.07, 6.45) is 0. The molecule has 1 unspecified atom stereocenters. The number of carbonyl (C=O) groups excluding carboxylic acids is 2. The molecule has 0 fully saturated rings. The topological polar surface area (TPSA) is 89.2 Å². The summed E-state index contributed by atoms with van der Waals surface area (Å²) in [6, 6.07) is 9.57. The Bertz CT molecular complexity index is 913. The molecule has 1 aromatic heterocycles. The highest BCUT2D eigenvalue weighted by atomic mass is 16.5. The van der Waals surface area contributed by atoms with E-state index in [9.17, 15) is 14.7 Å². The van der Waals surface area contributed by atoms with Crippen molar-refractivity contribution in [3.8, 4) is 5.75 Å². The first-order valence-corrected chi connectivity index (χ1v) is 9.04. The molecule has 0 saturated carbocycles. The fourth-order valence-corrected chi connectivity index (χ4v) is 3.28. The number of rotatable bonds is 8. The Balaban J connectivity index is 2.07. The lowest BCUT2D eigenvalue weighted by Crippen LogP contribution is -2.34. The van der Waals surface area contributed by atoms with Crippen molar-refractivity contribution in [3.05, 3.63) is 64.8 Å². The SMILES string of the molecule is CCOc1cccc(C2C(C(=O)c3ccc(C)o3)=C(O)C(=O)N2CCOC)c1. The number of ether oxygens (including phenoxy) is 2. The van der Waals surface area contributed by atoms with Gasteiger partial charge in [-0.1, -0.05) is 12.1 Å². The summed E-state index contributed by atoms with van der Waals surface area (Å²) in [7, 11) is 1.52. The highest BCUT2D eigenvalue weighted by Crippen LogP contribution is 2.39. The minimum absolute atomic E-state index is 0.0101. The number of benzene rings is 1. The van der Waals surface area contributed by atoms with Crippen LogP contribution in [0.3, 0.4) is 0 Å². The van der Waals surface area contributed by atoms with Gasteiger partial charge in [-0.15, -0.1) is 0 Å². The van der Waals surface area contributed by atoms with Crippen LogP contribution in [-0.2, 0) is 9.53 Å². The zero-order chi connectivity index (χ0) is 20.3. The predicted molar refractivity (Wildman–Crippen MR) is 101 cm³/mol. The van der Waals surface area contributed by atoms with Gasteiger partial charge in [0.25, 0.3) is 5.91 Å². The van der Waals surface area contributed by atoms with E-state index in [1.54, 1.807) is 37.3 Å². The van der Waals surface area contributed by atoms with Gasteiger partial charge in [-0.2, -0.15) is 0 Å². The van der Waals surface area contributed by atoms with Gasteiger partial charge in [-0.05, 0) is 43.7 Å². The maximum Gasteiger partial charge on any atom is 0.290 e. The smallest absolute Gasteiger partial charge is 0.290 e. The number of furan rings is 1. The first-order chi connectivity index (χ1) is 13.5. The summed E-state index contributed by atoms with van der Waals surface area (Å²) in [6.45, 7) is 4.56. The Morgan fingerprint density at radius 1 is 1.29 bits per heavy atom. The molecular formula is C21H23NO6. The third-order valence-electron chi connectivity index (χ3n) is 4.53. The van der Waals surface area contributed by atoms with Crippen LogP contribution in [0.15, 0.2) is 52.1 Å². The zero-order valence-corrected chi connectivity index (χ0v) is 16.1. The molecule has 1 aliphatic rings. The van der Waals surface area contributed by atoms with Crippen molar-refractivity contribution < 1.29 is 28.6 Å². The lowest BCUT2D eigenvalue weighted by atomic mass is 9.95. The van der Waals surface area contributed by atoms with Crippen molar-refractivity contribution in [2.75, 3.05) is 26.9 Å². The highest BCUT2D eigenvalue weighted by molar-refractivity contribution is 6.15. The third-order valence-corrected chi connectivity index (χ3v) is 4.53. The predicted octanol–water partition coefficient (Wildman–Crippen LogP) is 3.21. The number of hydrogen-bond donors (Lipinski definition) is 1. The summed E-state index contributed by atoms with van der Waals surface area (Å²) in [5.74, 6) is -0.445. The highest BCUT2D eigenvalue weighted by Gasteiger charge is 2.44. The van der Waals surface area contributed by atoms with Gasteiger partial charge < -0.3 is 23.9 Å². The molecule has 3 rings (SSSR count). The van der Waals surface area contributed by atoms with E-state index in [0.29, 0.717) is 23.7 Å². The first kappa shape index (κ1) is 19.7. The molecule has 2 heterocycles. The fourth-order valence-electron chi connectivity index (χ4n) is 3.28. The van der Waals surface area contributed by atoms with Crippen LogP contribution in [0, 0.1) is 6.92 Å². The Kier molecular flexibility index (Phi) is 5.84. The molecule has 1 atom stereocenters. The quantitative estimate of drug-likeness (QED) is 0.702. The monoisotopic (exact) mass is 385 g/mol. The number of methoxy groups -OCH3 is 1. The van der Waals surface area contributed by atoms with Gasteiger partial charge in [0.05, 0.1) is 24.8 Å². The summed E-state index contributed by atoms with van der Waals surface area (Å²) in [4.78, 5) is 27.2. The molecular weight excluding hydrogens is 362 g/mol. The van der Waals surface area contributed by atoms with Gasteiger partial charge in [-0.3, -0.25) is 9.59 Å². The average molecular weight is 385 g/mol. The zero-order valence-electron chi connectivity index (χ0n) is 16.1. The van der Waals surface area contributed by atoms with E-state index in [4.69, 9.17) is 13.9 Å².